The molecule has 0 spiro atoms. The van der Waals surface area contributed by atoms with Gasteiger partial charge in [0.2, 0.25) is 0 Å². The number of rotatable bonds is 8. The van der Waals surface area contributed by atoms with Crippen LogP contribution in [0.2, 0.25) is 5.02 Å². The molecule has 5 heteroatoms. The molecule has 1 aliphatic rings. The standard InChI is InChI=1S/C21H26BrClN2O/c1-2-25-11-5-7-19(25)14-24-13-17-12-18(22)9-10-21(17)26-15-16-6-3-4-8-20(16)23/h3-4,6,8-10,12,19,24H,2,5,7,11,13-15H2,1H3/t19-/m0/s1. The highest BCUT2D eigenvalue weighted by atomic mass is 79.9. The van der Waals surface area contributed by atoms with E-state index in [0.717, 1.165) is 46.0 Å². The lowest BCUT2D eigenvalue weighted by molar-refractivity contribution is 0.259. The lowest BCUT2D eigenvalue weighted by atomic mass is 10.1. The SMILES string of the molecule is CCN1CCC[C@H]1CNCc1cc(Br)ccc1OCc1ccccc1Cl. The normalized spacial score (nSPS) is 17.6. The van der Waals surface area contributed by atoms with Crippen molar-refractivity contribution in [1.82, 2.24) is 10.2 Å². The molecule has 26 heavy (non-hydrogen) atoms. The van der Waals surface area contributed by atoms with Crippen LogP contribution in [0.5, 0.6) is 5.75 Å². The molecule has 0 unspecified atom stereocenters. The maximum absolute atomic E-state index is 6.23. The summed E-state index contributed by atoms with van der Waals surface area (Å²) >= 11 is 9.80. The first kappa shape index (κ1) is 19.7. The number of likely N-dealkylation sites (N-methyl/N-ethyl adjacent to an activating group) is 1. The summed E-state index contributed by atoms with van der Waals surface area (Å²) in [6.07, 6.45) is 2.60. The molecule has 0 saturated carbocycles. The molecule has 0 aromatic heterocycles. The van der Waals surface area contributed by atoms with E-state index >= 15 is 0 Å². The molecule has 1 atom stereocenters. The highest BCUT2D eigenvalue weighted by molar-refractivity contribution is 9.10. The predicted molar refractivity (Wildman–Crippen MR) is 112 cm³/mol. The van der Waals surface area contributed by atoms with Crippen LogP contribution in [0.3, 0.4) is 0 Å². The van der Waals surface area contributed by atoms with Crippen LogP contribution in [0.1, 0.15) is 30.9 Å². The molecule has 140 valence electrons. The highest BCUT2D eigenvalue weighted by Gasteiger charge is 2.22. The van der Waals surface area contributed by atoms with Crippen LogP contribution in [0.4, 0.5) is 0 Å². The van der Waals surface area contributed by atoms with Crippen LogP contribution in [-0.2, 0) is 13.2 Å². The van der Waals surface area contributed by atoms with Crippen molar-refractivity contribution in [3.8, 4) is 5.75 Å². The summed E-state index contributed by atoms with van der Waals surface area (Å²) in [5.41, 5.74) is 2.16. The first-order chi connectivity index (χ1) is 12.7. The van der Waals surface area contributed by atoms with Crippen LogP contribution in [-0.4, -0.2) is 30.6 Å². The third-order valence-electron chi connectivity index (χ3n) is 4.96. The van der Waals surface area contributed by atoms with Crippen molar-refractivity contribution < 1.29 is 4.74 Å². The van der Waals surface area contributed by atoms with E-state index in [2.05, 4.69) is 39.1 Å². The second-order valence-corrected chi connectivity index (χ2v) is 8.01. The number of likely N-dealkylation sites (tertiary alicyclic amines) is 1. The fraction of sp³-hybridized carbons (Fsp3) is 0.429. The zero-order valence-electron chi connectivity index (χ0n) is 15.2. The van der Waals surface area contributed by atoms with Gasteiger partial charge in [0.1, 0.15) is 12.4 Å². The number of nitrogens with zero attached hydrogens (tertiary/aromatic N) is 1. The molecule has 0 bridgehead atoms. The number of nitrogens with one attached hydrogen (secondary N) is 1. The Morgan fingerprint density at radius 3 is 2.88 bits per heavy atom. The van der Waals surface area contributed by atoms with Gasteiger partial charge < -0.3 is 10.1 Å². The lowest BCUT2D eigenvalue weighted by Gasteiger charge is -2.23. The second kappa shape index (κ2) is 9.75. The van der Waals surface area contributed by atoms with Crippen LogP contribution in [0.15, 0.2) is 46.9 Å². The summed E-state index contributed by atoms with van der Waals surface area (Å²) in [5, 5.41) is 4.36. The second-order valence-electron chi connectivity index (χ2n) is 6.69. The number of hydrogen-bond donors (Lipinski definition) is 1. The van der Waals surface area contributed by atoms with Gasteiger partial charge in [-0.3, -0.25) is 4.90 Å². The molecule has 3 rings (SSSR count). The summed E-state index contributed by atoms with van der Waals surface area (Å²) in [4.78, 5) is 2.56. The van der Waals surface area contributed by atoms with E-state index in [9.17, 15) is 0 Å². The zero-order chi connectivity index (χ0) is 18.4. The Bertz CT molecular complexity index is 725. The molecule has 1 aliphatic heterocycles. The lowest BCUT2D eigenvalue weighted by Crippen LogP contribution is -2.37. The van der Waals surface area contributed by atoms with E-state index in [-0.39, 0.29) is 0 Å². The molecule has 3 nitrogen and oxygen atoms in total. The van der Waals surface area contributed by atoms with Crippen molar-refractivity contribution in [2.24, 2.45) is 0 Å². The minimum Gasteiger partial charge on any atom is -0.489 e. The number of benzene rings is 2. The van der Waals surface area contributed by atoms with Gasteiger partial charge in [-0.25, -0.2) is 0 Å². The van der Waals surface area contributed by atoms with Gasteiger partial charge in [-0.1, -0.05) is 52.7 Å². The average molecular weight is 438 g/mol. The Morgan fingerprint density at radius 2 is 2.08 bits per heavy atom. The largest absolute Gasteiger partial charge is 0.489 e. The minimum atomic E-state index is 0.473. The smallest absolute Gasteiger partial charge is 0.124 e. The van der Waals surface area contributed by atoms with Gasteiger partial charge in [0.15, 0.2) is 0 Å². The van der Waals surface area contributed by atoms with E-state index in [1.165, 1.54) is 19.4 Å². The third-order valence-corrected chi connectivity index (χ3v) is 5.83. The fourth-order valence-electron chi connectivity index (χ4n) is 3.51. The summed E-state index contributed by atoms with van der Waals surface area (Å²) in [5.74, 6) is 0.902. The Kier molecular flexibility index (Phi) is 7.38. The quantitative estimate of drug-likeness (QED) is 0.610. The molecule has 1 N–H and O–H groups in total. The van der Waals surface area contributed by atoms with Crippen LogP contribution in [0.25, 0.3) is 0 Å². The number of ether oxygens (including phenoxy) is 1. The van der Waals surface area contributed by atoms with Gasteiger partial charge in [0, 0.05) is 39.8 Å². The van der Waals surface area contributed by atoms with Crippen molar-refractivity contribution in [3.05, 3.63) is 63.1 Å². The first-order valence-corrected chi connectivity index (χ1v) is 10.4. The van der Waals surface area contributed by atoms with Gasteiger partial charge in [-0.2, -0.15) is 0 Å². The Balaban J connectivity index is 1.59. The summed E-state index contributed by atoms with van der Waals surface area (Å²) in [6, 6.07) is 14.6. The Labute approximate surface area is 169 Å². The first-order valence-electron chi connectivity index (χ1n) is 9.26. The van der Waals surface area contributed by atoms with E-state index in [1.807, 2.05) is 36.4 Å². The maximum Gasteiger partial charge on any atom is 0.124 e. The topological polar surface area (TPSA) is 24.5 Å². The van der Waals surface area contributed by atoms with Gasteiger partial charge in [0.25, 0.3) is 0 Å². The van der Waals surface area contributed by atoms with Crippen molar-refractivity contribution in [3.63, 3.8) is 0 Å². The molecule has 2 aromatic rings. The molecule has 2 aromatic carbocycles. The maximum atomic E-state index is 6.23. The molecular formula is C21H26BrClN2O. The van der Waals surface area contributed by atoms with Crippen LogP contribution < -0.4 is 10.1 Å². The number of halogens is 2. The zero-order valence-corrected chi connectivity index (χ0v) is 17.5. The van der Waals surface area contributed by atoms with E-state index < -0.39 is 0 Å². The molecule has 0 radical (unpaired) electrons. The van der Waals surface area contributed by atoms with Crippen LogP contribution in [0, 0.1) is 0 Å². The van der Waals surface area contributed by atoms with Gasteiger partial charge in [0.05, 0.1) is 0 Å². The van der Waals surface area contributed by atoms with Crippen molar-refractivity contribution in [2.75, 3.05) is 19.6 Å². The van der Waals surface area contributed by atoms with Gasteiger partial charge in [-0.05, 0) is 50.2 Å². The molecule has 0 amide bonds. The van der Waals surface area contributed by atoms with E-state index in [1.54, 1.807) is 0 Å². The number of hydrogen-bond acceptors (Lipinski definition) is 3. The average Bonchev–Trinajstić information content (AvgIpc) is 3.10. The van der Waals surface area contributed by atoms with Crippen molar-refractivity contribution >= 4 is 27.5 Å². The van der Waals surface area contributed by atoms with Crippen molar-refractivity contribution in [2.45, 2.75) is 39.0 Å². The predicted octanol–water partition coefficient (Wildman–Crippen LogP) is 5.26. The van der Waals surface area contributed by atoms with Crippen molar-refractivity contribution in [1.29, 1.82) is 0 Å². The van der Waals surface area contributed by atoms with E-state index in [4.69, 9.17) is 16.3 Å². The van der Waals surface area contributed by atoms with E-state index in [0.29, 0.717) is 12.6 Å². The summed E-state index contributed by atoms with van der Waals surface area (Å²) in [6.45, 7) is 6.89. The Hall–Kier alpha value is -1.07. The molecule has 1 heterocycles. The third kappa shape index (κ3) is 5.23. The summed E-state index contributed by atoms with van der Waals surface area (Å²) in [7, 11) is 0. The van der Waals surface area contributed by atoms with Crippen LogP contribution >= 0.6 is 27.5 Å². The highest BCUT2D eigenvalue weighted by Crippen LogP contribution is 2.25. The van der Waals surface area contributed by atoms with Gasteiger partial charge in [-0.15, -0.1) is 0 Å². The minimum absolute atomic E-state index is 0.473. The Morgan fingerprint density at radius 1 is 1.23 bits per heavy atom. The van der Waals surface area contributed by atoms with Gasteiger partial charge >= 0.3 is 0 Å². The fourth-order valence-corrected chi connectivity index (χ4v) is 4.11. The molecule has 1 fully saturated rings. The molecule has 0 aliphatic carbocycles. The monoisotopic (exact) mass is 436 g/mol. The molecular weight excluding hydrogens is 412 g/mol. The summed E-state index contributed by atoms with van der Waals surface area (Å²) < 4.78 is 7.13. The molecule has 1 saturated heterocycles.